The van der Waals surface area contributed by atoms with Crippen LogP contribution in [0, 0.1) is 0 Å². The van der Waals surface area contributed by atoms with Crippen molar-refractivity contribution in [1.29, 1.82) is 0 Å². The summed E-state index contributed by atoms with van der Waals surface area (Å²) in [6, 6.07) is 0.220. The zero-order valence-electron chi connectivity index (χ0n) is 21.3. The molecule has 0 aromatic rings. The number of aldehydes is 1. The molecule has 33 heavy (non-hydrogen) atoms. The maximum atomic E-state index is 10.2. The minimum Gasteiger partial charge on any atom is -0.391 e. The first-order chi connectivity index (χ1) is 15.9. The molecule has 2 saturated heterocycles. The summed E-state index contributed by atoms with van der Waals surface area (Å²) < 4.78 is 27.1. The van der Waals surface area contributed by atoms with Gasteiger partial charge >= 0.3 is 0 Å². The predicted molar refractivity (Wildman–Crippen MR) is 127 cm³/mol. The molecular weight excluding hydrogens is 428 g/mol. The highest BCUT2D eigenvalue weighted by molar-refractivity contribution is 5.48. The Hall–Kier alpha value is -0.650. The molecule has 0 aliphatic carbocycles. The van der Waals surface area contributed by atoms with E-state index in [1.54, 1.807) is 14.2 Å². The average Bonchev–Trinajstić information content (AvgIpc) is 3.19. The van der Waals surface area contributed by atoms with E-state index in [9.17, 15) is 9.90 Å². The largest absolute Gasteiger partial charge is 0.391 e. The fourth-order valence-electron chi connectivity index (χ4n) is 4.03. The van der Waals surface area contributed by atoms with E-state index in [1.165, 1.54) is 6.42 Å². The van der Waals surface area contributed by atoms with Crippen LogP contribution in [0.2, 0.25) is 0 Å². The van der Waals surface area contributed by atoms with Gasteiger partial charge in [-0.05, 0) is 65.8 Å². The van der Waals surface area contributed by atoms with Crippen molar-refractivity contribution in [3.63, 3.8) is 0 Å². The van der Waals surface area contributed by atoms with E-state index < -0.39 is 0 Å². The number of likely N-dealkylation sites (N-methyl/N-ethyl adjacent to an activating group) is 1. The summed E-state index contributed by atoms with van der Waals surface area (Å²) in [6.07, 6.45) is 7.88. The molecule has 2 aliphatic heterocycles. The topological polar surface area (TPSA) is 108 Å². The highest BCUT2D eigenvalue weighted by atomic mass is 16.7. The third kappa shape index (κ3) is 13.1. The molecule has 3 unspecified atom stereocenters. The standard InChI is InChI=1S/C14H27NO4.C10H21NO3/c1-14(2)15-11(10-19-14)12(16)6-5-9-18-13-7-3-4-8-17-13;1-11-9(8-13-2)10(14-3)6-4-5-7-12/h11-13,15-16H,3-10H2,1-2H3;7,9-11H,4-6,8H2,1-3H3/t11?,12-,13?;9?,10-/m11/s1. The Morgan fingerprint density at radius 3 is 2.58 bits per heavy atom. The number of hydrogen-bond acceptors (Lipinski definition) is 9. The van der Waals surface area contributed by atoms with Gasteiger partial charge < -0.3 is 38.9 Å². The number of aliphatic hydroxyl groups excluding tert-OH is 1. The summed E-state index contributed by atoms with van der Waals surface area (Å²) >= 11 is 0. The lowest BCUT2D eigenvalue weighted by molar-refractivity contribution is -0.163. The number of carbonyl (C=O) groups is 1. The molecule has 0 aromatic heterocycles. The van der Waals surface area contributed by atoms with Gasteiger partial charge in [0.2, 0.25) is 0 Å². The van der Waals surface area contributed by atoms with E-state index in [4.69, 9.17) is 23.7 Å². The Balaban J connectivity index is 0.000000349. The number of methoxy groups -OCH3 is 2. The van der Waals surface area contributed by atoms with Gasteiger partial charge in [-0.1, -0.05) is 0 Å². The normalized spacial score (nSPS) is 25.0. The zero-order valence-corrected chi connectivity index (χ0v) is 21.3. The van der Waals surface area contributed by atoms with Crippen LogP contribution in [0.3, 0.4) is 0 Å². The first-order valence-corrected chi connectivity index (χ1v) is 12.3. The Labute approximate surface area is 200 Å². The summed E-state index contributed by atoms with van der Waals surface area (Å²) in [5.41, 5.74) is -0.321. The van der Waals surface area contributed by atoms with Crippen LogP contribution < -0.4 is 10.6 Å². The molecule has 9 heteroatoms. The minimum atomic E-state index is -0.377. The van der Waals surface area contributed by atoms with Crippen molar-refractivity contribution in [3.8, 4) is 0 Å². The molecule has 2 heterocycles. The van der Waals surface area contributed by atoms with Crippen LogP contribution in [-0.2, 0) is 28.5 Å². The molecule has 0 saturated carbocycles. The highest BCUT2D eigenvalue weighted by Crippen LogP contribution is 2.19. The number of hydrogen-bond donors (Lipinski definition) is 3. The molecule has 2 fully saturated rings. The summed E-state index contributed by atoms with van der Waals surface area (Å²) in [4.78, 5) is 10.2. The summed E-state index contributed by atoms with van der Waals surface area (Å²) in [6.45, 7) is 6.60. The minimum absolute atomic E-state index is 0.0286. The lowest BCUT2D eigenvalue weighted by Crippen LogP contribution is -2.44. The Bertz CT molecular complexity index is 489. The maximum Gasteiger partial charge on any atom is 0.157 e. The molecular formula is C24H48N2O7. The molecule has 3 N–H and O–H groups in total. The fourth-order valence-corrected chi connectivity index (χ4v) is 4.03. The van der Waals surface area contributed by atoms with Crippen molar-refractivity contribution in [2.75, 3.05) is 47.7 Å². The number of carbonyl (C=O) groups excluding carboxylic acids is 1. The number of aliphatic hydroxyl groups is 1. The molecule has 0 radical (unpaired) electrons. The molecule has 0 bridgehead atoms. The van der Waals surface area contributed by atoms with Gasteiger partial charge in [-0.15, -0.1) is 0 Å². The smallest absolute Gasteiger partial charge is 0.157 e. The number of nitrogens with one attached hydrogen (secondary N) is 2. The summed E-state index contributed by atoms with van der Waals surface area (Å²) in [5, 5.41) is 16.5. The maximum absolute atomic E-state index is 10.2. The van der Waals surface area contributed by atoms with E-state index >= 15 is 0 Å². The van der Waals surface area contributed by atoms with Gasteiger partial charge in [0.1, 0.15) is 12.0 Å². The van der Waals surface area contributed by atoms with Crippen LogP contribution in [0.25, 0.3) is 0 Å². The van der Waals surface area contributed by atoms with Crippen LogP contribution >= 0.6 is 0 Å². The van der Waals surface area contributed by atoms with Gasteiger partial charge in [0.05, 0.1) is 37.5 Å². The van der Waals surface area contributed by atoms with Gasteiger partial charge in [-0.25, -0.2) is 0 Å². The molecule has 0 aromatic carbocycles. The van der Waals surface area contributed by atoms with Crippen LogP contribution in [-0.4, -0.2) is 95.4 Å². The lowest BCUT2D eigenvalue weighted by Gasteiger charge is -2.24. The second-order valence-electron chi connectivity index (χ2n) is 9.17. The van der Waals surface area contributed by atoms with E-state index in [-0.39, 0.29) is 36.3 Å². The van der Waals surface area contributed by atoms with Gasteiger partial charge in [0, 0.05) is 33.9 Å². The van der Waals surface area contributed by atoms with Crippen LogP contribution in [0.1, 0.15) is 65.2 Å². The quantitative estimate of drug-likeness (QED) is 0.242. The molecule has 9 nitrogen and oxygen atoms in total. The summed E-state index contributed by atoms with van der Waals surface area (Å²) in [5.74, 6) is 0. The number of rotatable bonds is 15. The first kappa shape index (κ1) is 30.4. The van der Waals surface area contributed by atoms with Crippen molar-refractivity contribution in [3.05, 3.63) is 0 Å². The van der Waals surface area contributed by atoms with Gasteiger partial charge in [-0.2, -0.15) is 0 Å². The Kier molecular flexibility index (Phi) is 16.3. The molecule has 2 aliphatic rings. The average molecular weight is 477 g/mol. The molecule has 0 amide bonds. The molecule has 196 valence electrons. The number of ether oxygens (including phenoxy) is 5. The van der Waals surface area contributed by atoms with Gasteiger partial charge in [0.25, 0.3) is 0 Å². The Morgan fingerprint density at radius 1 is 1.24 bits per heavy atom. The molecule has 0 spiro atoms. The third-order valence-electron chi connectivity index (χ3n) is 5.99. The van der Waals surface area contributed by atoms with E-state index in [1.807, 2.05) is 20.9 Å². The number of unbranched alkanes of at least 4 members (excludes halogenated alkanes) is 1. The van der Waals surface area contributed by atoms with Crippen molar-refractivity contribution in [2.45, 2.75) is 102 Å². The lowest BCUT2D eigenvalue weighted by atomic mass is 10.1. The van der Waals surface area contributed by atoms with E-state index in [0.717, 1.165) is 51.4 Å². The third-order valence-corrected chi connectivity index (χ3v) is 5.99. The second-order valence-corrected chi connectivity index (χ2v) is 9.17. The van der Waals surface area contributed by atoms with E-state index in [2.05, 4.69) is 10.6 Å². The highest BCUT2D eigenvalue weighted by Gasteiger charge is 2.34. The monoisotopic (exact) mass is 476 g/mol. The van der Waals surface area contributed by atoms with Gasteiger partial charge in [-0.3, -0.25) is 5.32 Å². The predicted octanol–water partition coefficient (Wildman–Crippen LogP) is 2.00. The van der Waals surface area contributed by atoms with Crippen LogP contribution in [0.15, 0.2) is 0 Å². The van der Waals surface area contributed by atoms with Gasteiger partial charge in [0.15, 0.2) is 6.29 Å². The van der Waals surface area contributed by atoms with Crippen molar-refractivity contribution < 1.29 is 33.6 Å². The molecule has 5 atom stereocenters. The van der Waals surface area contributed by atoms with Crippen molar-refractivity contribution in [2.24, 2.45) is 0 Å². The van der Waals surface area contributed by atoms with Crippen molar-refractivity contribution in [1.82, 2.24) is 10.6 Å². The second kappa shape index (κ2) is 17.7. The molecule has 2 rings (SSSR count). The van der Waals surface area contributed by atoms with Crippen LogP contribution in [0.5, 0.6) is 0 Å². The van der Waals surface area contributed by atoms with Crippen molar-refractivity contribution >= 4 is 6.29 Å². The van der Waals surface area contributed by atoms with E-state index in [0.29, 0.717) is 26.2 Å². The summed E-state index contributed by atoms with van der Waals surface area (Å²) in [7, 11) is 5.24. The SMILES string of the molecule is CC1(C)NC([C@H](O)CCCOC2CCCCO2)CO1.CNC(COC)[C@@H](CCCC=O)OC. The fraction of sp³-hybridized carbons (Fsp3) is 0.958. The zero-order chi connectivity index (χ0) is 24.5. The Morgan fingerprint density at radius 2 is 2.03 bits per heavy atom. The first-order valence-electron chi connectivity index (χ1n) is 12.3. The van der Waals surface area contributed by atoms with Crippen LogP contribution in [0.4, 0.5) is 0 Å².